The van der Waals surface area contributed by atoms with Crippen molar-refractivity contribution < 1.29 is 22.3 Å². The van der Waals surface area contributed by atoms with E-state index in [0.29, 0.717) is 5.56 Å². The van der Waals surface area contributed by atoms with Crippen LogP contribution in [0.25, 0.3) is 0 Å². The fraction of sp³-hybridized carbons (Fsp3) is 0.231. The van der Waals surface area contributed by atoms with Gasteiger partial charge in [-0.1, -0.05) is 6.07 Å². The molecule has 0 fully saturated rings. The Balaban J connectivity index is 2.21. The van der Waals surface area contributed by atoms with Gasteiger partial charge in [0.2, 0.25) is 10.0 Å². The monoisotopic (exact) mass is 333 g/mol. The number of hydrogen-bond donors (Lipinski definition) is 2. The maximum atomic E-state index is 13.5. The lowest BCUT2D eigenvalue weighted by atomic mass is 10.0. The van der Waals surface area contributed by atoms with Crippen LogP contribution in [-0.4, -0.2) is 20.1 Å². The molecule has 1 aromatic heterocycles. The molecule has 114 valence electrons. The highest BCUT2D eigenvalue weighted by Gasteiger charge is 2.28. The van der Waals surface area contributed by atoms with Crippen LogP contribution < -0.4 is 4.72 Å². The summed E-state index contributed by atoms with van der Waals surface area (Å²) in [5.41, 5.74) is -0.911. The molecule has 0 aliphatic carbocycles. The fourth-order valence-corrected chi connectivity index (χ4v) is 3.68. The zero-order chi connectivity index (χ0) is 15.7. The second kappa shape index (κ2) is 5.80. The van der Waals surface area contributed by atoms with Gasteiger partial charge in [0, 0.05) is 6.54 Å². The Hall–Kier alpha value is -1.35. The van der Waals surface area contributed by atoms with E-state index >= 15 is 0 Å². The molecule has 0 radical (unpaired) electrons. The summed E-state index contributed by atoms with van der Waals surface area (Å²) in [6, 6.07) is 4.54. The van der Waals surface area contributed by atoms with Crippen LogP contribution in [0.15, 0.2) is 39.9 Å². The van der Waals surface area contributed by atoms with Crippen LogP contribution in [0.5, 0.6) is 0 Å². The van der Waals surface area contributed by atoms with E-state index in [1.807, 2.05) is 0 Å². The molecule has 2 rings (SSSR count). The van der Waals surface area contributed by atoms with Gasteiger partial charge in [0.1, 0.15) is 10.5 Å². The highest BCUT2D eigenvalue weighted by molar-refractivity contribution is 7.89. The van der Waals surface area contributed by atoms with E-state index in [2.05, 4.69) is 4.72 Å². The number of benzene rings is 1. The Bertz CT molecular complexity index is 728. The molecular formula is C13H13F2NO3S2. The van der Waals surface area contributed by atoms with Crippen LogP contribution in [0.3, 0.4) is 0 Å². The fourth-order valence-electron chi connectivity index (χ4n) is 1.68. The first kappa shape index (κ1) is 16.0. The summed E-state index contributed by atoms with van der Waals surface area (Å²) in [7, 11) is -4.26. The molecule has 0 aliphatic heterocycles. The Kier molecular flexibility index (Phi) is 4.43. The molecule has 1 atom stereocenters. The summed E-state index contributed by atoms with van der Waals surface area (Å²) in [5, 5.41) is 13.6. The van der Waals surface area contributed by atoms with Crippen molar-refractivity contribution in [3.63, 3.8) is 0 Å². The standard InChI is InChI=1S/C13H13F2NO3S2/c1-13(17,9-5-6-20-7-9)8-16-21(18,19)11-4-2-3-10(14)12(11)15/h2-7,16-17H,8H2,1H3. The van der Waals surface area contributed by atoms with Gasteiger partial charge < -0.3 is 5.11 Å². The molecular weight excluding hydrogens is 320 g/mol. The van der Waals surface area contributed by atoms with Crippen LogP contribution in [0.1, 0.15) is 12.5 Å². The van der Waals surface area contributed by atoms with Gasteiger partial charge in [-0.15, -0.1) is 0 Å². The predicted octanol–water partition coefficient (Wildman–Crippen LogP) is 2.21. The van der Waals surface area contributed by atoms with Gasteiger partial charge in [-0.05, 0) is 41.4 Å². The number of hydrogen-bond acceptors (Lipinski definition) is 4. The molecule has 0 saturated heterocycles. The number of aliphatic hydroxyl groups is 1. The molecule has 2 aromatic rings. The molecule has 0 spiro atoms. The van der Waals surface area contributed by atoms with Crippen LogP contribution in [0, 0.1) is 11.6 Å². The molecule has 4 nitrogen and oxygen atoms in total. The second-order valence-electron chi connectivity index (χ2n) is 4.66. The van der Waals surface area contributed by atoms with Crippen molar-refractivity contribution in [2.45, 2.75) is 17.4 Å². The molecule has 0 saturated carbocycles. The lowest BCUT2D eigenvalue weighted by Crippen LogP contribution is -2.38. The zero-order valence-corrected chi connectivity index (χ0v) is 12.6. The van der Waals surface area contributed by atoms with E-state index < -0.39 is 32.2 Å². The van der Waals surface area contributed by atoms with Gasteiger partial charge in [-0.3, -0.25) is 0 Å². The Labute approximate surface area is 125 Å². The zero-order valence-electron chi connectivity index (χ0n) is 11.0. The van der Waals surface area contributed by atoms with Crippen molar-refractivity contribution in [3.8, 4) is 0 Å². The summed E-state index contributed by atoms with van der Waals surface area (Å²) < 4.78 is 52.7. The molecule has 21 heavy (non-hydrogen) atoms. The largest absolute Gasteiger partial charge is 0.384 e. The minimum absolute atomic E-state index is 0.359. The average Bonchev–Trinajstić information content (AvgIpc) is 2.94. The summed E-state index contributed by atoms with van der Waals surface area (Å²) in [5.74, 6) is -2.69. The van der Waals surface area contributed by atoms with E-state index in [9.17, 15) is 22.3 Å². The SMILES string of the molecule is CC(O)(CNS(=O)(=O)c1cccc(F)c1F)c1ccsc1. The van der Waals surface area contributed by atoms with Crippen LogP contribution in [-0.2, 0) is 15.6 Å². The van der Waals surface area contributed by atoms with Gasteiger partial charge in [0.25, 0.3) is 0 Å². The highest BCUT2D eigenvalue weighted by atomic mass is 32.2. The first-order valence-electron chi connectivity index (χ1n) is 5.93. The summed E-state index contributed by atoms with van der Waals surface area (Å²) in [6.45, 7) is 1.07. The Morgan fingerprint density at radius 1 is 1.33 bits per heavy atom. The van der Waals surface area contributed by atoms with E-state index in [0.717, 1.165) is 18.2 Å². The quantitative estimate of drug-likeness (QED) is 0.882. The van der Waals surface area contributed by atoms with Crippen molar-refractivity contribution in [2.24, 2.45) is 0 Å². The normalized spacial score (nSPS) is 14.9. The summed E-state index contributed by atoms with van der Waals surface area (Å²) in [4.78, 5) is -0.788. The van der Waals surface area contributed by atoms with E-state index in [-0.39, 0.29) is 6.54 Å². The van der Waals surface area contributed by atoms with Gasteiger partial charge in [-0.2, -0.15) is 11.3 Å². The molecule has 0 aliphatic rings. The van der Waals surface area contributed by atoms with Gasteiger partial charge in [0.05, 0.1) is 0 Å². The number of rotatable bonds is 5. The minimum atomic E-state index is -4.26. The summed E-state index contributed by atoms with van der Waals surface area (Å²) >= 11 is 1.35. The third kappa shape index (κ3) is 3.46. The lowest BCUT2D eigenvalue weighted by molar-refractivity contribution is 0.0632. The van der Waals surface area contributed by atoms with Crippen LogP contribution in [0.2, 0.25) is 0 Å². The van der Waals surface area contributed by atoms with Crippen molar-refractivity contribution in [1.29, 1.82) is 0 Å². The maximum absolute atomic E-state index is 13.5. The number of sulfonamides is 1. The van der Waals surface area contributed by atoms with E-state index in [4.69, 9.17) is 0 Å². The molecule has 0 amide bonds. The van der Waals surface area contributed by atoms with Crippen LogP contribution in [0.4, 0.5) is 8.78 Å². The van der Waals surface area contributed by atoms with Crippen molar-refractivity contribution in [1.82, 2.24) is 4.72 Å². The number of thiophene rings is 1. The molecule has 8 heteroatoms. The third-order valence-electron chi connectivity index (χ3n) is 2.96. The second-order valence-corrected chi connectivity index (χ2v) is 7.18. The van der Waals surface area contributed by atoms with Gasteiger partial charge in [0.15, 0.2) is 11.6 Å². The number of halogens is 2. The Morgan fingerprint density at radius 3 is 2.67 bits per heavy atom. The van der Waals surface area contributed by atoms with Gasteiger partial charge >= 0.3 is 0 Å². The Morgan fingerprint density at radius 2 is 2.05 bits per heavy atom. The smallest absolute Gasteiger partial charge is 0.243 e. The van der Waals surface area contributed by atoms with Gasteiger partial charge in [-0.25, -0.2) is 21.9 Å². The molecule has 1 aromatic carbocycles. The predicted molar refractivity (Wildman–Crippen MR) is 75.4 cm³/mol. The van der Waals surface area contributed by atoms with Crippen LogP contribution >= 0.6 is 11.3 Å². The third-order valence-corrected chi connectivity index (χ3v) is 5.06. The molecule has 0 bridgehead atoms. The van der Waals surface area contributed by atoms with E-state index in [1.54, 1.807) is 16.8 Å². The lowest BCUT2D eigenvalue weighted by Gasteiger charge is -2.22. The first-order valence-corrected chi connectivity index (χ1v) is 8.35. The number of nitrogens with one attached hydrogen (secondary N) is 1. The minimum Gasteiger partial charge on any atom is -0.384 e. The average molecular weight is 333 g/mol. The highest BCUT2D eigenvalue weighted by Crippen LogP contribution is 2.23. The van der Waals surface area contributed by atoms with Crippen molar-refractivity contribution in [2.75, 3.05) is 6.54 Å². The molecule has 1 heterocycles. The molecule has 1 unspecified atom stereocenters. The van der Waals surface area contributed by atoms with Crippen molar-refractivity contribution in [3.05, 3.63) is 52.2 Å². The maximum Gasteiger partial charge on any atom is 0.243 e. The van der Waals surface area contributed by atoms with E-state index in [1.165, 1.54) is 18.3 Å². The molecule has 2 N–H and O–H groups in total. The topological polar surface area (TPSA) is 66.4 Å². The van der Waals surface area contributed by atoms with Crippen molar-refractivity contribution >= 4 is 21.4 Å². The first-order chi connectivity index (χ1) is 9.74. The summed E-state index contributed by atoms with van der Waals surface area (Å²) in [6.07, 6.45) is 0.